The van der Waals surface area contributed by atoms with Gasteiger partial charge in [0.2, 0.25) is 0 Å². The number of nitrogens with one attached hydrogen (secondary N) is 1. The van der Waals surface area contributed by atoms with Crippen molar-refractivity contribution in [3.63, 3.8) is 0 Å². The summed E-state index contributed by atoms with van der Waals surface area (Å²) in [7, 11) is 1.22. The molecule has 0 bridgehead atoms. The van der Waals surface area contributed by atoms with Gasteiger partial charge in [0.25, 0.3) is 0 Å². The van der Waals surface area contributed by atoms with Crippen molar-refractivity contribution >= 4 is 29.0 Å². The molecule has 0 saturated carbocycles. The van der Waals surface area contributed by atoms with E-state index in [9.17, 15) is 9.90 Å². The molecular formula is C9H10N2O3S. The molecule has 15 heavy (non-hydrogen) atoms. The standard InChI is InChI=1S/C9H10N2O3S/c1-14-8(13)7-5(11-9(10)15)3-2-4-6(7)12/h2-4,12H,1H3,(H3,10,11,15). The minimum Gasteiger partial charge on any atom is -0.507 e. The highest BCUT2D eigenvalue weighted by Gasteiger charge is 2.16. The van der Waals surface area contributed by atoms with Crippen LogP contribution in [0.15, 0.2) is 18.2 Å². The fourth-order valence-electron chi connectivity index (χ4n) is 1.09. The number of rotatable bonds is 2. The van der Waals surface area contributed by atoms with Crippen molar-refractivity contribution in [1.82, 2.24) is 0 Å². The van der Waals surface area contributed by atoms with Crippen molar-refractivity contribution in [3.8, 4) is 5.75 Å². The minimum absolute atomic E-state index is 0.00533. The van der Waals surface area contributed by atoms with Gasteiger partial charge >= 0.3 is 5.97 Å². The molecule has 5 nitrogen and oxygen atoms in total. The molecule has 0 radical (unpaired) electrons. The predicted molar refractivity (Wildman–Crippen MR) is 59.9 cm³/mol. The molecule has 0 aromatic heterocycles. The first-order valence-electron chi connectivity index (χ1n) is 4.03. The van der Waals surface area contributed by atoms with E-state index in [0.717, 1.165) is 0 Å². The van der Waals surface area contributed by atoms with E-state index in [1.807, 2.05) is 0 Å². The number of phenolic OH excluding ortho intramolecular Hbond substituents is 1. The van der Waals surface area contributed by atoms with Crippen LogP contribution in [-0.2, 0) is 4.74 Å². The Morgan fingerprint density at radius 2 is 2.27 bits per heavy atom. The number of carbonyl (C=O) groups excluding carboxylic acids is 1. The van der Waals surface area contributed by atoms with Crippen LogP contribution < -0.4 is 11.1 Å². The molecule has 0 aliphatic rings. The highest BCUT2D eigenvalue weighted by atomic mass is 32.1. The lowest BCUT2D eigenvalue weighted by Gasteiger charge is -2.10. The number of benzene rings is 1. The number of carbonyl (C=O) groups is 1. The molecule has 0 amide bonds. The normalized spacial score (nSPS) is 9.40. The summed E-state index contributed by atoms with van der Waals surface area (Å²) in [6.07, 6.45) is 0. The van der Waals surface area contributed by atoms with Crippen molar-refractivity contribution in [3.05, 3.63) is 23.8 Å². The monoisotopic (exact) mass is 226 g/mol. The molecule has 6 heteroatoms. The van der Waals surface area contributed by atoms with Crippen LogP contribution in [0.25, 0.3) is 0 Å². The van der Waals surface area contributed by atoms with E-state index in [1.165, 1.54) is 13.2 Å². The van der Waals surface area contributed by atoms with Crippen LogP contribution >= 0.6 is 12.2 Å². The Labute approximate surface area is 91.8 Å². The molecule has 4 N–H and O–H groups in total. The zero-order valence-electron chi connectivity index (χ0n) is 7.98. The van der Waals surface area contributed by atoms with E-state index in [0.29, 0.717) is 5.69 Å². The predicted octanol–water partition coefficient (Wildman–Crippen LogP) is 0.834. The zero-order chi connectivity index (χ0) is 11.4. The smallest absolute Gasteiger partial charge is 0.343 e. The quantitative estimate of drug-likeness (QED) is 0.511. The Morgan fingerprint density at radius 1 is 1.60 bits per heavy atom. The number of hydrogen-bond donors (Lipinski definition) is 3. The summed E-state index contributed by atoms with van der Waals surface area (Å²) in [5, 5.41) is 12.1. The van der Waals surface area contributed by atoms with Gasteiger partial charge in [0.15, 0.2) is 5.11 Å². The molecule has 1 rings (SSSR count). The average Bonchev–Trinajstić information content (AvgIpc) is 2.16. The lowest BCUT2D eigenvalue weighted by atomic mass is 10.1. The van der Waals surface area contributed by atoms with E-state index in [1.54, 1.807) is 12.1 Å². The Hall–Kier alpha value is -1.82. The minimum atomic E-state index is -0.660. The first kappa shape index (κ1) is 11.3. The third-order valence-corrected chi connectivity index (χ3v) is 1.79. The second-order valence-electron chi connectivity index (χ2n) is 2.68. The highest BCUT2D eigenvalue weighted by molar-refractivity contribution is 7.80. The van der Waals surface area contributed by atoms with Gasteiger partial charge in [-0.05, 0) is 24.4 Å². The van der Waals surface area contributed by atoms with E-state index in [2.05, 4.69) is 22.3 Å². The van der Waals surface area contributed by atoms with Crippen molar-refractivity contribution in [1.29, 1.82) is 0 Å². The van der Waals surface area contributed by atoms with Crippen LogP contribution in [0.4, 0.5) is 5.69 Å². The SMILES string of the molecule is COC(=O)c1c(O)cccc1NC(N)=S. The number of ether oxygens (including phenoxy) is 1. The molecule has 0 atom stereocenters. The molecule has 0 heterocycles. The number of methoxy groups -OCH3 is 1. The third kappa shape index (κ3) is 2.57. The number of phenols is 1. The molecule has 0 spiro atoms. The van der Waals surface area contributed by atoms with Crippen LogP contribution in [0.2, 0.25) is 0 Å². The Kier molecular flexibility index (Phi) is 3.46. The van der Waals surface area contributed by atoms with E-state index in [-0.39, 0.29) is 16.4 Å². The Bertz CT molecular complexity index is 406. The summed E-state index contributed by atoms with van der Waals surface area (Å²) >= 11 is 4.64. The Morgan fingerprint density at radius 3 is 2.80 bits per heavy atom. The number of aromatic hydroxyl groups is 1. The molecule has 1 aromatic rings. The van der Waals surface area contributed by atoms with Crippen LogP contribution in [0.1, 0.15) is 10.4 Å². The van der Waals surface area contributed by atoms with Gasteiger partial charge in [0.05, 0.1) is 12.8 Å². The molecule has 0 saturated heterocycles. The van der Waals surface area contributed by atoms with Gasteiger partial charge in [-0.15, -0.1) is 0 Å². The van der Waals surface area contributed by atoms with Gasteiger partial charge in [0, 0.05) is 0 Å². The van der Waals surface area contributed by atoms with Crippen molar-refractivity contribution < 1.29 is 14.6 Å². The number of thiocarbonyl (C=S) groups is 1. The van der Waals surface area contributed by atoms with E-state index in [4.69, 9.17) is 5.73 Å². The molecule has 0 aliphatic heterocycles. The van der Waals surface area contributed by atoms with Gasteiger partial charge < -0.3 is 20.9 Å². The molecule has 80 valence electrons. The first-order chi connectivity index (χ1) is 7.06. The third-order valence-electron chi connectivity index (χ3n) is 1.69. The van der Waals surface area contributed by atoms with Gasteiger partial charge in [-0.1, -0.05) is 6.07 Å². The van der Waals surface area contributed by atoms with Crippen LogP contribution in [0, 0.1) is 0 Å². The summed E-state index contributed by atoms with van der Waals surface area (Å²) in [6, 6.07) is 4.49. The second kappa shape index (κ2) is 4.61. The molecule has 1 aromatic carbocycles. The van der Waals surface area contributed by atoms with Gasteiger partial charge in [-0.3, -0.25) is 0 Å². The maximum absolute atomic E-state index is 11.3. The summed E-state index contributed by atoms with van der Waals surface area (Å²) in [4.78, 5) is 11.3. The maximum Gasteiger partial charge on any atom is 0.343 e. The van der Waals surface area contributed by atoms with Gasteiger partial charge in [0.1, 0.15) is 11.3 Å². The van der Waals surface area contributed by atoms with Crippen LogP contribution in [0.5, 0.6) is 5.75 Å². The summed E-state index contributed by atoms with van der Waals surface area (Å²) in [6.45, 7) is 0. The largest absolute Gasteiger partial charge is 0.507 e. The zero-order valence-corrected chi connectivity index (χ0v) is 8.80. The fraction of sp³-hybridized carbons (Fsp3) is 0.111. The number of esters is 1. The van der Waals surface area contributed by atoms with Crippen LogP contribution in [0.3, 0.4) is 0 Å². The number of hydrogen-bond acceptors (Lipinski definition) is 4. The number of anilines is 1. The van der Waals surface area contributed by atoms with E-state index < -0.39 is 5.97 Å². The van der Waals surface area contributed by atoms with Crippen molar-refractivity contribution in [2.24, 2.45) is 5.73 Å². The lowest BCUT2D eigenvalue weighted by Crippen LogP contribution is -2.21. The number of nitrogens with two attached hydrogens (primary N) is 1. The summed E-state index contributed by atoms with van der Waals surface area (Å²) in [5.74, 6) is -0.852. The topological polar surface area (TPSA) is 84.6 Å². The lowest BCUT2D eigenvalue weighted by molar-refractivity contribution is 0.0598. The van der Waals surface area contributed by atoms with Crippen molar-refractivity contribution in [2.45, 2.75) is 0 Å². The van der Waals surface area contributed by atoms with Crippen LogP contribution in [-0.4, -0.2) is 23.3 Å². The second-order valence-corrected chi connectivity index (χ2v) is 3.12. The van der Waals surface area contributed by atoms with E-state index >= 15 is 0 Å². The first-order valence-corrected chi connectivity index (χ1v) is 4.44. The fourth-order valence-corrected chi connectivity index (χ4v) is 1.20. The van der Waals surface area contributed by atoms with Gasteiger partial charge in [-0.25, -0.2) is 4.79 Å². The highest BCUT2D eigenvalue weighted by Crippen LogP contribution is 2.25. The summed E-state index contributed by atoms with van der Waals surface area (Å²) < 4.78 is 4.52. The molecular weight excluding hydrogens is 216 g/mol. The average molecular weight is 226 g/mol. The summed E-state index contributed by atoms with van der Waals surface area (Å²) in [5.41, 5.74) is 5.59. The Balaban J connectivity index is 3.20. The molecule has 0 fully saturated rings. The van der Waals surface area contributed by atoms with Gasteiger partial charge in [-0.2, -0.15) is 0 Å². The molecule has 0 aliphatic carbocycles. The maximum atomic E-state index is 11.3. The van der Waals surface area contributed by atoms with Crippen molar-refractivity contribution in [2.75, 3.05) is 12.4 Å². The molecule has 0 unspecified atom stereocenters.